The quantitative estimate of drug-likeness (QED) is 0.692. The molecule has 0 fully saturated rings. The Morgan fingerprint density at radius 1 is 1.25 bits per heavy atom. The Bertz CT molecular complexity index is 188. The standard InChI is InChI=1S/C13H28N2O/c1-5-12(6-2)13(16)15(9-7-8-14)10-11(3)4/h11-12H,5-10,14H2,1-4H3. The van der Waals surface area contributed by atoms with E-state index in [1.807, 2.05) is 4.90 Å². The molecule has 16 heavy (non-hydrogen) atoms. The second-order valence-corrected chi connectivity index (χ2v) is 4.83. The first-order valence-corrected chi connectivity index (χ1v) is 6.55. The van der Waals surface area contributed by atoms with Gasteiger partial charge in [0.25, 0.3) is 0 Å². The van der Waals surface area contributed by atoms with Crippen molar-refractivity contribution < 1.29 is 4.79 Å². The van der Waals surface area contributed by atoms with Crippen LogP contribution in [0.4, 0.5) is 0 Å². The van der Waals surface area contributed by atoms with Crippen LogP contribution in [0.1, 0.15) is 47.0 Å². The Balaban J connectivity index is 4.40. The number of carbonyl (C=O) groups excluding carboxylic acids is 1. The van der Waals surface area contributed by atoms with Gasteiger partial charge in [0.05, 0.1) is 0 Å². The topological polar surface area (TPSA) is 46.3 Å². The zero-order valence-electron chi connectivity index (χ0n) is 11.3. The zero-order valence-corrected chi connectivity index (χ0v) is 11.3. The number of hydrogen-bond donors (Lipinski definition) is 1. The molecule has 2 N–H and O–H groups in total. The van der Waals surface area contributed by atoms with Gasteiger partial charge < -0.3 is 10.6 Å². The van der Waals surface area contributed by atoms with E-state index < -0.39 is 0 Å². The van der Waals surface area contributed by atoms with Gasteiger partial charge in [-0.3, -0.25) is 4.79 Å². The number of rotatable bonds is 8. The molecule has 0 aliphatic rings. The Morgan fingerprint density at radius 2 is 1.81 bits per heavy atom. The van der Waals surface area contributed by atoms with Gasteiger partial charge in [-0.25, -0.2) is 0 Å². The van der Waals surface area contributed by atoms with Crippen molar-refractivity contribution in [2.75, 3.05) is 19.6 Å². The van der Waals surface area contributed by atoms with Crippen LogP contribution >= 0.6 is 0 Å². The van der Waals surface area contributed by atoms with Crippen molar-refractivity contribution in [3.05, 3.63) is 0 Å². The van der Waals surface area contributed by atoms with Crippen molar-refractivity contribution in [2.24, 2.45) is 17.6 Å². The van der Waals surface area contributed by atoms with Gasteiger partial charge in [-0.1, -0.05) is 27.7 Å². The van der Waals surface area contributed by atoms with Gasteiger partial charge in [0.2, 0.25) is 5.91 Å². The van der Waals surface area contributed by atoms with Crippen LogP contribution < -0.4 is 5.73 Å². The minimum atomic E-state index is 0.191. The molecule has 3 nitrogen and oxygen atoms in total. The van der Waals surface area contributed by atoms with E-state index in [-0.39, 0.29) is 5.92 Å². The fourth-order valence-electron chi connectivity index (χ4n) is 1.91. The third-order valence-electron chi connectivity index (χ3n) is 2.86. The predicted molar refractivity (Wildman–Crippen MR) is 69.2 cm³/mol. The third-order valence-corrected chi connectivity index (χ3v) is 2.86. The lowest BCUT2D eigenvalue weighted by Crippen LogP contribution is -2.39. The highest BCUT2D eigenvalue weighted by Crippen LogP contribution is 2.13. The molecule has 0 aromatic heterocycles. The highest BCUT2D eigenvalue weighted by molar-refractivity contribution is 5.78. The van der Waals surface area contributed by atoms with E-state index in [2.05, 4.69) is 27.7 Å². The lowest BCUT2D eigenvalue weighted by Gasteiger charge is -2.28. The Morgan fingerprint density at radius 3 is 2.19 bits per heavy atom. The maximum atomic E-state index is 12.2. The Kier molecular flexibility index (Phi) is 8.26. The highest BCUT2D eigenvalue weighted by atomic mass is 16.2. The molecule has 0 radical (unpaired) electrons. The fourth-order valence-corrected chi connectivity index (χ4v) is 1.91. The van der Waals surface area contributed by atoms with Gasteiger partial charge in [0.15, 0.2) is 0 Å². The van der Waals surface area contributed by atoms with E-state index in [0.29, 0.717) is 18.4 Å². The monoisotopic (exact) mass is 228 g/mol. The summed E-state index contributed by atoms with van der Waals surface area (Å²) in [6.45, 7) is 10.8. The van der Waals surface area contributed by atoms with Crippen LogP contribution in [0.25, 0.3) is 0 Å². The first-order valence-electron chi connectivity index (χ1n) is 6.55. The summed E-state index contributed by atoms with van der Waals surface area (Å²) in [5, 5.41) is 0. The average Bonchev–Trinajstić information content (AvgIpc) is 2.25. The summed E-state index contributed by atoms with van der Waals surface area (Å²) < 4.78 is 0. The molecule has 0 saturated heterocycles. The van der Waals surface area contributed by atoms with Crippen LogP contribution in [0.15, 0.2) is 0 Å². The molecule has 0 aromatic rings. The van der Waals surface area contributed by atoms with Gasteiger partial charge in [-0.2, -0.15) is 0 Å². The molecule has 0 rings (SSSR count). The molecule has 0 atom stereocenters. The second-order valence-electron chi connectivity index (χ2n) is 4.83. The zero-order chi connectivity index (χ0) is 12.6. The van der Waals surface area contributed by atoms with E-state index in [1.54, 1.807) is 0 Å². The molecular formula is C13H28N2O. The SMILES string of the molecule is CCC(CC)C(=O)N(CCCN)CC(C)C. The van der Waals surface area contributed by atoms with E-state index in [4.69, 9.17) is 5.73 Å². The maximum absolute atomic E-state index is 12.2. The summed E-state index contributed by atoms with van der Waals surface area (Å²) in [6, 6.07) is 0. The minimum Gasteiger partial charge on any atom is -0.342 e. The third kappa shape index (κ3) is 5.50. The summed E-state index contributed by atoms with van der Waals surface area (Å²) in [6.07, 6.45) is 2.78. The van der Waals surface area contributed by atoms with E-state index in [0.717, 1.165) is 32.4 Å². The summed E-state index contributed by atoms with van der Waals surface area (Å²) >= 11 is 0. The van der Waals surface area contributed by atoms with Crippen molar-refractivity contribution >= 4 is 5.91 Å². The van der Waals surface area contributed by atoms with Crippen LogP contribution in [0.3, 0.4) is 0 Å². The van der Waals surface area contributed by atoms with Crippen molar-refractivity contribution in [3.63, 3.8) is 0 Å². The Labute approximate surface area is 100 Å². The van der Waals surface area contributed by atoms with Gasteiger partial charge in [0, 0.05) is 19.0 Å². The van der Waals surface area contributed by atoms with Gasteiger partial charge in [-0.05, 0) is 31.7 Å². The molecule has 0 unspecified atom stereocenters. The number of amides is 1. The first kappa shape index (κ1) is 15.4. The van der Waals surface area contributed by atoms with Gasteiger partial charge in [-0.15, -0.1) is 0 Å². The predicted octanol–water partition coefficient (Wildman–Crippen LogP) is 2.26. The lowest BCUT2D eigenvalue weighted by atomic mass is 10.0. The number of hydrogen-bond acceptors (Lipinski definition) is 2. The first-order chi connectivity index (χ1) is 7.56. The summed E-state index contributed by atoms with van der Waals surface area (Å²) in [7, 11) is 0. The molecule has 0 aliphatic heterocycles. The number of nitrogens with zero attached hydrogens (tertiary/aromatic N) is 1. The van der Waals surface area contributed by atoms with Gasteiger partial charge in [0.1, 0.15) is 0 Å². The van der Waals surface area contributed by atoms with Crippen molar-refractivity contribution in [2.45, 2.75) is 47.0 Å². The molecule has 1 amide bonds. The molecule has 0 heterocycles. The summed E-state index contributed by atoms with van der Waals surface area (Å²) in [5.41, 5.74) is 5.51. The molecule has 3 heteroatoms. The normalized spacial score (nSPS) is 11.2. The molecular weight excluding hydrogens is 200 g/mol. The number of nitrogens with two attached hydrogens (primary N) is 1. The smallest absolute Gasteiger partial charge is 0.225 e. The second kappa shape index (κ2) is 8.57. The fraction of sp³-hybridized carbons (Fsp3) is 0.923. The molecule has 96 valence electrons. The number of carbonyl (C=O) groups is 1. The van der Waals surface area contributed by atoms with E-state index in [9.17, 15) is 4.79 Å². The molecule has 0 saturated carbocycles. The summed E-state index contributed by atoms with van der Waals surface area (Å²) in [5.74, 6) is 1.03. The van der Waals surface area contributed by atoms with Crippen molar-refractivity contribution in [3.8, 4) is 0 Å². The van der Waals surface area contributed by atoms with E-state index >= 15 is 0 Å². The van der Waals surface area contributed by atoms with Crippen LogP contribution in [-0.2, 0) is 4.79 Å². The molecule has 0 spiro atoms. The molecule has 0 aliphatic carbocycles. The molecule has 0 aromatic carbocycles. The molecule has 0 bridgehead atoms. The largest absolute Gasteiger partial charge is 0.342 e. The van der Waals surface area contributed by atoms with Crippen molar-refractivity contribution in [1.82, 2.24) is 4.90 Å². The van der Waals surface area contributed by atoms with Gasteiger partial charge >= 0.3 is 0 Å². The average molecular weight is 228 g/mol. The van der Waals surface area contributed by atoms with Crippen molar-refractivity contribution in [1.29, 1.82) is 0 Å². The van der Waals surface area contributed by atoms with Crippen LogP contribution in [-0.4, -0.2) is 30.4 Å². The van der Waals surface area contributed by atoms with E-state index in [1.165, 1.54) is 0 Å². The van der Waals surface area contributed by atoms with Crippen LogP contribution in [0.5, 0.6) is 0 Å². The highest BCUT2D eigenvalue weighted by Gasteiger charge is 2.21. The maximum Gasteiger partial charge on any atom is 0.225 e. The van der Waals surface area contributed by atoms with Crippen LogP contribution in [0, 0.1) is 11.8 Å². The Hall–Kier alpha value is -0.570. The lowest BCUT2D eigenvalue weighted by molar-refractivity contribution is -0.136. The van der Waals surface area contributed by atoms with Crippen LogP contribution in [0.2, 0.25) is 0 Å². The minimum absolute atomic E-state index is 0.191. The summed E-state index contributed by atoms with van der Waals surface area (Å²) in [4.78, 5) is 14.2.